The maximum absolute atomic E-state index is 4.59. The third kappa shape index (κ3) is 3.18. The highest BCUT2D eigenvalue weighted by Crippen LogP contribution is 2.21. The lowest BCUT2D eigenvalue weighted by Gasteiger charge is -2.34. The largest absolute Gasteiger partial charge is 0.354 e. The summed E-state index contributed by atoms with van der Waals surface area (Å²) in [6.45, 7) is 7.61. The molecule has 4 rings (SSSR count). The van der Waals surface area contributed by atoms with Gasteiger partial charge in [-0.25, -0.2) is 15.0 Å². The molecule has 0 unspecified atom stereocenters. The maximum Gasteiger partial charge on any atom is 0.227 e. The van der Waals surface area contributed by atoms with Crippen LogP contribution in [0.15, 0.2) is 36.0 Å². The molecule has 3 aromatic rings. The van der Waals surface area contributed by atoms with Crippen LogP contribution in [0.3, 0.4) is 0 Å². The van der Waals surface area contributed by atoms with Gasteiger partial charge in [0.05, 0.1) is 28.3 Å². The molecule has 1 fully saturated rings. The van der Waals surface area contributed by atoms with E-state index >= 15 is 0 Å². The van der Waals surface area contributed by atoms with E-state index < -0.39 is 0 Å². The Labute approximate surface area is 145 Å². The second-order valence-electron chi connectivity index (χ2n) is 5.82. The standard InChI is InChI=1S/C17H20N6S/c1-2-22-6-8-23(9-7-22)16-4-3-13(11-18-16)20-17-19-12-15-14(21-17)5-10-24-15/h3-5,10-12H,2,6-9H2,1H3,(H,19,20,21). The number of thiophene rings is 1. The van der Waals surface area contributed by atoms with Crippen molar-refractivity contribution in [1.29, 1.82) is 0 Å². The van der Waals surface area contributed by atoms with Crippen LogP contribution in [0.5, 0.6) is 0 Å². The number of hydrogen-bond acceptors (Lipinski definition) is 7. The van der Waals surface area contributed by atoms with Crippen LogP contribution in [-0.4, -0.2) is 52.6 Å². The van der Waals surface area contributed by atoms with Crippen molar-refractivity contribution >= 4 is 39.0 Å². The van der Waals surface area contributed by atoms with Crippen molar-refractivity contribution in [3.05, 3.63) is 36.0 Å². The Bertz CT molecular complexity index is 807. The number of hydrogen-bond donors (Lipinski definition) is 1. The van der Waals surface area contributed by atoms with Crippen LogP contribution in [0, 0.1) is 0 Å². The summed E-state index contributed by atoms with van der Waals surface area (Å²) in [5, 5.41) is 5.25. The van der Waals surface area contributed by atoms with E-state index in [4.69, 9.17) is 0 Å². The smallest absolute Gasteiger partial charge is 0.227 e. The van der Waals surface area contributed by atoms with E-state index in [1.807, 2.05) is 29.9 Å². The Morgan fingerprint density at radius 1 is 1.08 bits per heavy atom. The normalized spacial score (nSPS) is 15.8. The Morgan fingerprint density at radius 2 is 1.96 bits per heavy atom. The molecule has 7 heteroatoms. The van der Waals surface area contributed by atoms with E-state index in [-0.39, 0.29) is 0 Å². The van der Waals surface area contributed by atoms with Crippen LogP contribution in [-0.2, 0) is 0 Å². The number of pyridine rings is 1. The summed E-state index contributed by atoms with van der Waals surface area (Å²) in [7, 11) is 0. The molecule has 0 bridgehead atoms. The molecule has 1 saturated heterocycles. The fourth-order valence-electron chi connectivity index (χ4n) is 2.90. The molecule has 3 aromatic heterocycles. The van der Waals surface area contributed by atoms with Crippen molar-refractivity contribution in [2.75, 3.05) is 42.9 Å². The molecule has 0 atom stereocenters. The molecular formula is C17H20N6S. The van der Waals surface area contributed by atoms with Crippen LogP contribution in [0.2, 0.25) is 0 Å². The molecule has 124 valence electrons. The number of piperazine rings is 1. The van der Waals surface area contributed by atoms with Gasteiger partial charge in [-0.05, 0) is 30.1 Å². The topological polar surface area (TPSA) is 57.2 Å². The number of nitrogens with one attached hydrogen (secondary N) is 1. The number of likely N-dealkylation sites (N-methyl/N-ethyl adjacent to an activating group) is 1. The summed E-state index contributed by atoms with van der Waals surface area (Å²) >= 11 is 1.65. The third-order valence-corrected chi connectivity index (χ3v) is 5.19. The molecular weight excluding hydrogens is 320 g/mol. The first-order chi connectivity index (χ1) is 11.8. The van der Waals surface area contributed by atoms with Crippen molar-refractivity contribution in [2.45, 2.75) is 6.92 Å². The summed E-state index contributed by atoms with van der Waals surface area (Å²) in [4.78, 5) is 18.2. The number of nitrogens with zero attached hydrogens (tertiary/aromatic N) is 5. The summed E-state index contributed by atoms with van der Waals surface area (Å²) in [6.07, 6.45) is 3.70. The fourth-order valence-corrected chi connectivity index (χ4v) is 3.59. The van der Waals surface area contributed by atoms with Crippen molar-refractivity contribution in [1.82, 2.24) is 19.9 Å². The molecule has 1 aliphatic rings. The monoisotopic (exact) mass is 340 g/mol. The van der Waals surface area contributed by atoms with Gasteiger partial charge in [0.1, 0.15) is 5.82 Å². The molecule has 0 amide bonds. The van der Waals surface area contributed by atoms with Gasteiger partial charge in [0, 0.05) is 26.2 Å². The predicted octanol–water partition coefficient (Wildman–Crippen LogP) is 2.97. The first-order valence-electron chi connectivity index (χ1n) is 8.22. The van der Waals surface area contributed by atoms with Gasteiger partial charge in [-0.3, -0.25) is 0 Å². The Balaban J connectivity index is 1.43. The number of anilines is 3. The van der Waals surface area contributed by atoms with Crippen LogP contribution < -0.4 is 10.2 Å². The third-order valence-electron chi connectivity index (χ3n) is 4.35. The van der Waals surface area contributed by atoms with Crippen LogP contribution in [0.25, 0.3) is 10.2 Å². The van der Waals surface area contributed by atoms with Crippen molar-refractivity contribution in [3.8, 4) is 0 Å². The quantitative estimate of drug-likeness (QED) is 0.788. The predicted molar refractivity (Wildman–Crippen MR) is 99.3 cm³/mol. The Morgan fingerprint density at radius 3 is 2.71 bits per heavy atom. The second-order valence-corrected chi connectivity index (χ2v) is 6.76. The molecule has 0 aromatic carbocycles. The number of rotatable bonds is 4. The minimum absolute atomic E-state index is 0.604. The van der Waals surface area contributed by atoms with Gasteiger partial charge in [-0.1, -0.05) is 6.92 Å². The van der Waals surface area contributed by atoms with Gasteiger partial charge in [-0.2, -0.15) is 0 Å². The van der Waals surface area contributed by atoms with Gasteiger partial charge < -0.3 is 15.1 Å². The molecule has 24 heavy (non-hydrogen) atoms. The summed E-state index contributed by atoms with van der Waals surface area (Å²) < 4.78 is 1.10. The number of aromatic nitrogens is 3. The summed E-state index contributed by atoms with van der Waals surface area (Å²) in [5.74, 6) is 1.64. The highest BCUT2D eigenvalue weighted by molar-refractivity contribution is 7.17. The van der Waals surface area contributed by atoms with Crippen molar-refractivity contribution in [2.24, 2.45) is 0 Å². The lowest BCUT2D eigenvalue weighted by atomic mass is 10.3. The van der Waals surface area contributed by atoms with Crippen LogP contribution in [0.4, 0.5) is 17.5 Å². The zero-order chi connectivity index (χ0) is 16.4. The number of fused-ring (bicyclic) bond motifs is 1. The Hall–Kier alpha value is -2.25. The fraction of sp³-hybridized carbons (Fsp3) is 0.353. The molecule has 0 spiro atoms. The molecule has 0 saturated carbocycles. The van der Waals surface area contributed by atoms with E-state index in [1.54, 1.807) is 11.3 Å². The molecule has 6 nitrogen and oxygen atoms in total. The Kier molecular flexibility index (Phi) is 4.27. The lowest BCUT2D eigenvalue weighted by Crippen LogP contribution is -2.46. The zero-order valence-corrected chi connectivity index (χ0v) is 14.5. The molecule has 0 aliphatic carbocycles. The van der Waals surface area contributed by atoms with E-state index in [0.717, 1.165) is 54.4 Å². The first-order valence-corrected chi connectivity index (χ1v) is 9.10. The van der Waals surface area contributed by atoms with Gasteiger partial charge in [0.25, 0.3) is 0 Å². The highest BCUT2D eigenvalue weighted by atomic mass is 32.1. The molecule has 1 N–H and O–H groups in total. The minimum Gasteiger partial charge on any atom is -0.354 e. The summed E-state index contributed by atoms with van der Waals surface area (Å²) in [6, 6.07) is 6.10. The second kappa shape index (κ2) is 6.70. The lowest BCUT2D eigenvalue weighted by molar-refractivity contribution is 0.270. The van der Waals surface area contributed by atoms with Gasteiger partial charge in [-0.15, -0.1) is 11.3 Å². The van der Waals surface area contributed by atoms with E-state index in [0.29, 0.717) is 5.95 Å². The SMILES string of the molecule is CCN1CCN(c2ccc(Nc3ncc4sccc4n3)cn2)CC1. The maximum atomic E-state index is 4.59. The molecule has 0 radical (unpaired) electrons. The van der Waals surface area contributed by atoms with E-state index in [9.17, 15) is 0 Å². The van der Waals surface area contributed by atoms with Crippen LogP contribution in [0.1, 0.15) is 6.92 Å². The average Bonchev–Trinajstić information content (AvgIpc) is 3.10. The van der Waals surface area contributed by atoms with E-state index in [2.05, 4.69) is 43.1 Å². The van der Waals surface area contributed by atoms with E-state index in [1.165, 1.54) is 0 Å². The molecule has 4 heterocycles. The zero-order valence-electron chi connectivity index (χ0n) is 13.6. The van der Waals surface area contributed by atoms with Crippen molar-refractivity contribution in [3.63, 3.8) is 0 Å². The van der Waals surface area contributed by atoms with Gasteiger partial charge in [0.15, 0.2) is 0 Å². The van der Waals surface area contributed by atoms with Gasteiger partial charge in [0.2, 0.25) is 5.95 Å². The molecule has 1 aliphatic heterocycles. The minimum atomic E-state index is 0.604. The highest BCUT2D eigenvalue weighted by Gasteiger charge is 2.16. The summed E-state index contributed by atoms with van der Waals surface area (Å²) in [5.41, 5.74) is 1.87. The van der Waals surface area contributed by atoms with Gasteiger partial charge >= 0.3 is 0 Å². The van der Waals surface area contributed by atoms with Crippen LogP contribution >= 0.6 is 11.3 Å². The van der Waals surface area contributed by atoms with Crippen molar-refractivity contribution < 1.29 is 0 Å². The first kappa shape index (κ1) is 15.3. The average molecular weight is 340 g/mol.